The SMILES string of the molecule is c1ccc(-c2cc3ccccc3c3c2ccc2oc4ccc(-c5cccc(-c6nc(-c7ccc8ccccc8c7)nc(-c7ccc8ccccc8c7)n6)c5)cc4c23)cc1. The fourth-order valence-electron chi connectivity index (χ4n) is 8.75. The Morgan fingerprint density at radius 1 is 0.271 bits per heavy atom. The fraction of sp³-hybridized carbons (Fsp3) is 0. The van der Waals surface area contributed by atoms with Gasteiger partial charge in [0.25, 0.3) is 0 Å². The zero-order valence-electron chi connectivity index (χ0n) is 31.8. The molecule has 0 aliphatic carbocycles. The van der Waals surface area contributed by atoms with Gasteiger partial charge in [0.2, 0.25) is 0 Å². The van der Waals surface area contributed by atoms with E-state index in [1.54, 1.807) is 0 Å². The number of nitrogens with zero attached hydrogens (tertiary/aromatic N) is 3. The van der Waals surface area contributed by atoms with E-state index < -0.39 is 0 Å². The zero-order valence-corrected chi connectivity index (χ0v) is 31.8. The lowest BCUT2D eigenvalue weighted by Gasteiger charge is -2.12. The van der Waals surface area contributed by atoms with Crippen molar-refractivity contribution in [2.24, 2.45) is 0 Å². The van der Waals surface area contributed by atoms with Crippen molar-refractivity contribution in [1.82, 2.24) is 15.0 Å². The molecule has 0 radical (unpaired) electrons. The van der Waals surface area contributed by atoms with Crippen molar-refractivity contribution in [3.05, 3.63) is 200 Å². The molecule has 59 heavy (non-hydrogen) atoms. The van der Waals surface area contributed by atoms with E-state index in [4.69, 9.17) is 19.4 Å². The number of benzene rings is 10. The van der Waals surface area contributed by atoms with Crippen LogP contribution < -0.4 is 0 Å². The van der Waals surface area contributed by atoms with Crippen molar-refractivity contribution < 1.29 is 4.42 Å². The molecule has 0 atom stereocenters. The third-order valence-electron chi connectivity index (χ3n) is 11.6. The van der Waals surface area contributed by atoms with Crippen LogP contribution in [-0.4, -0.2) is 15.0 Å². The summed E-state index contributed by atoms with van der Waals surface area (Å²) in [6.45, 7) is 0. The predicted molar refractivity (Wildman–Crippen MR) is 244 cm³/mol. The highest BCUT2D eigenvalue weighted by molar-refractivity contribution is 6.29. The van der Waals surface area contributed by atoms with E-state index in [2.05, 4.69) is 200 Å². The van der Waals surface area contributed by atoms with Crippen LogP contribution in [0.25, 0.3) is 121 Å². The molecule has 12 rings (SSSR count). The predicted octanol–water partition coefficient (Wildman–Crippen LogP) is 14.7. The van der Waals surface area contributed by atoms with Gasteiger partial charge in [0.1, 0.15) is 11.2 Å². The van der Waals surface area contributed by atoms with Crippen LogP contribution >= 0.6 is 0 Å². The minimum atomic E-state index is 0.619. The van der Waals surface area contributed by atoms with Crippen LogP contribution in [0.15, 0.2) is 205 Å². The first-order valence-corrected chi connectivity index (χ1v) is 19.9. The second-order valence-corrected chi connectivity index (χ2v) is 15.2. The monoisotopic (exact) mass is 751 g/mol. The molecule has 0 aliphatic rings. The van der Waals surface area contributed by atoms with Crippen LogP contribution in [-0.2, 0) is 0 Å². The molecule has 2 heterocycles. The van der Waals surface area contributed by atoms with Crippen LogP contribution in [0.2, 0.25) is 0 Å². The van der Waals surface area contributed by atoms with Crippen molar-refractivity contribution in [2.45, 2.75) is 0 Å². The third kappa shape index (κ3) is 5.65. The van der Waals surface area contributed by atoms with Gasteiger partial charge in [-0.25, -0.2) is 15.0 Å². The number of rotatable bonds is 5. The summed E-state index contributed by atoms with van der Waals surface area (Å²) in [6, 6.07) is 70.6. The molecule has 10 aromatic carbocycles. The molecule has 2 aromatic heterocycles. The van der Waals surface area contributed by atoms with E-state index in [9.17, 15) is 0 Å². The summed E-state index contributed by atoms with van der Waals surface area (Å²) in [5.74, 6) is 1.89. The van der Waals surface area contributed by atoms with E-state index in [1.165, 1.54) is 43.4 Å². The molecule has 0 spiro atoms. The van der Waals surface area contributed by atoms with E-state index in [-0.39, 0.29) is 0 Å². The molecule has 0 fully saturated rings. The fourth-order valence-corrected chi connectivity index (χ4v) is 8.75. The zero-order chi connectivity index (χ0) is 38.9. The lowest BCUT2D eigenvalue weighted by molar-refractivity contribution is 0.669. The molecule has 12 aromatic rings. The van der Waals surface area contributed by atoms with Crippen LogP contribution in [0.4, 0.5) is 0 Å². The quantitative estimate of drug-likeness (QED) is 0.164. The summed E-state index contributed by atoms with van der Waals surface area (Å²) in [4.78, 5) is 15.4. The Bertz CT molecular complexity index is 3530. The smallest absolute Gasteiger partial charge is 0.164 e. The van der Waals surface area contributed by atoms with Gasteiger partial charge < -0.3 is 4.42 Å². The van der Waals surface area contributed by atoms with Gasteiger partial charge in [0.05, 0.1) is 0 Å². The summed E-state index contributed by atoms with van der Waals surface area (Å²) >= 11 is 0. The largest absolute Gasteiger partial charge is 0.456 e. The molecule has 0 saturated carbocycles. The van der Waals surface area contributed by atoms with Crippen molar-refractivity contribution in [1.29, 1.82) is 0 Å². The maximum absolute atomic E-state index is 6.58. The first kappa shape index (κ1) is 33.2. The highest BCUT2D eigenvalue weighted by atomic mass is 16.3. The lowest BCUT2D eigenvalue weighted by Crippen LogP contribution is -2.00. The molecule has 0 N–H and O–H groups in total. The number of hydrogen-bond acceptors (Lipinski definition) is 4. The second-order valence-electron chi connectivity index (χ2n) is 15.2. The molecule has 274 valence electrons. The van der Waals surface area contributed by atoms with E-state index in [0.29, 0.717) is 17.5 Å². The molecule has 0 unspecified atom stereocenters. The summed E-state index contributed by atoms with van der Waals surface area (Å²) in [6.07, 6.45) is 0. The van der Waals surface area contributed by atoms with Crippen LogP contribution in [0, 0.1) is 0 Å². The van der Waals surface area contributed by atoms with Gasteiger partial charge in [-0.05, 0) is 108 Å². The Morgan fingerprint density at radius 3 is 1.49 bits per heavy atom. The second kappa shape index (κ2) is 13.3. The minimum absolute atomic E-state index is 0.619. The molecule has 0 bridgehead atoms. The van der Waals surface area contributed by atoms with Crippen molar-refractivity contribution in [2.75, 3.05) is 0 Å². The third-order valence-corrected chi connectivity index (χ3v) is 11.6. The van der Waals surface area contributed by atoms with Gasteiger partial charge in [-0.15, -0.1) is 0 Å². The Kier molecular flexibility index (Phi) is 7.50. The highest BCUT2D eigenvalue weighted by Crippen LogP contribution is 2.43. The van der Waals surface area contributed by atoms with Crippen LogP contribution in [0.5, 0.6) is 0 Å². The first-order chi connectivity index (χ1) is 29.2. The number of aromatic nitrogens is 3. The summed E-state index contributed by atoms with van der Waals surface area (Å²) in [5.41, 5.74) is 9.09. The summed E-state index contributed by atoms with van der Waals surface area (Å²) in [7, 11) is 0. The van der Waals surface area contributed by atoms with E-state index >= 15 is 0 Å². The van der Waals surface area contributed by atoms with Crippen molar-refractivity contribution >= 4 is 65.0 Å². The Morgan fingerprint density at radius 2 is 0.797 bits per heavy atom. The van der Waals surface area contributed by atoms with Gasteiger partial charge in [0.15, 0.2) is 17.5 Å². The van der Waals surface area contributed by atoms with Gasteiger partial charge in [-0.2, -0.15) is 0 Å². The first-order valence-electron chi connectivity index (χ1n) is 19.9. The molecular weight excluding hydrogens is 719 g/mol. The van der Waals surface area contributed by atoms with E-state index in [1.807, 2.05) is 0 Å². The average molecular weight is 752 g/mol. The average Bonchev–Trinajstić information content (AvgIpc) is 3.69. The Labute approximate surface area is 339 Å². The standard InChI is InChI=1S/C55H33N3O/c1-2-13-36(14-3-1)47-33-41-17-8-9-20-45(41)51-46(47)26-28-50-52(51)48-32-40(25-27-49(48)59-50)39-18-10-19-42(31-39)53-56-54(43-23-21-34-11-4-6-15-37(34)29-43)58-55(57-53)44-24-22-35-12-5-7-16-38(35)30-44/h1-33H. The van der Waals surface area contributed by atoms with Gasteiger partial charge in [-0.1, -0.05) is 152 Å². The highest BCUT2D eigenvalue weighted by Gasteiger charge is 2.18. The van der Waals surface area contributed by atoms with E-state index in [0.717, 1.165) is 60.5 Å². The minimum Gasteiger partial charge on any atom is -0.456 e. The van der Waals surface area contributed by atoms with Crippen LogP contribution in [0.1, 0.15) is 0 Å². The maximum atomic E-state index is 6.58. The Hall–Kier alpha value is -7.95. The number of furan rings is 1. The number of fused-ring (bicyclic) bond motifs is 9. The molecular formula is C55H33N3O. The maximum Gasteiger partial charge on any atom is 0.164 e. The molecule has 0 aliphatic heterocycles. The number of hydrogen-bond donors (Lipinski definition) is 0. The molecule has 0 amide bonds. The summed E-state index contributed by atoms with van der Waals surface area (Å²) < 4.78 is 6.58. The van der Waals surface area contributed by atoms with Gasteiger partial charge in [0, 0.05) is 32.8 Å². The van der Waals surface area contributed by atoms with Gasteiger partial charge in [-0.3, -0.25) is 0 Å². The van der Waals surface area contributed by atoms with Crippen LogP contribution in [0.3, 0.4) is 0 Å². The lowest BCUT2D eigenvalue weighted by atomic mass is 9.90. The normalized spacial score (nSPS) is 11.7. The molecule has 4 heteroatoms. The molecule has 4 nitrogen and oxygen atoms in total. The van der Waals surface area contributed by atoms with Gasteiger partial charge >= 0.3 is 0 Å². The molecule has 0 saturated heterocycles. The summed E-state index contributed by atoms with van der Waals surface area (Å²) in [5, 5.41) is 11.7. The van der Waals surface area contributed by atoms with Crippen molar-refractivity contribution in [3.8, 4) is 56.4 Å². The topological polar surface area (TPSA) is 51.8 Å². The Balaban J connectivity index is 1.03. The van der Waals surface area contributed by atoms with Crippen molar-refractivity contribution in [3.63, 3.8) is 0 Å².